The van der Waals surface area contributed by atoms with Crippen LogP contribution in [0.2, 0.25) is 0 Å². The topological polar surface area (TPSA) is 46.6 Å². The van der Waals surface area contributed by atoms with Gasteiger partial charge in [0.1, 0.15) is 0 Å². The molecule has 0 unspecified atom stereocenters. The van der Waals surface area contributed by atoms with Gasteiger partial charge in [0.15, 0.2) is 5.78 Å². The number of carbonyl (C=O) groups is 2. The minimum Gasteiger partial charge on any atom is -0.378 e. The van der Waals surface area contributed by atoms with E-state index in [1.54, 1.807) is 11.8 Å². The summed E-state index contributed by atoms with van der Waals surface area (Å²) in [4.78, 5) is 26.0. The van der Waals surface area contributed by atoms with Crippen molar-refractivity contribution in [2.45, 2.75) is 38.7 Å². The fraction of sp³-hybridized carbons (Fsp3) is 0.391. The summed E-state index contributed by atoms with van der Waals surface area (Å²) in [7, 11) is 1.84. The molecule has 2 aromatic rings. The largest absolute Gasteiger partial charge is 0.378 e. The molecule has 4 heteroatoms. The Morgan fingerprint density at radius 2 is 1.81 bits per heavy atom. The number of ether oxygens (including phenoxy) is 1. The zero-order valence-electron chi connectivity index (χ0n) is 16.1. The molecule has 3 rings (SSSR count). The molecule has 4 nitrogen and oxygen atoms in total. The van der Waals surface area contributed by atoms with E-state index in [0.717, 1.165) is 37.0 Å². The number of rotatable bonds is 6. The number of hydrogen-bond donors (Lipinski definition) is 0. The Balaban J connectivity index is 1.62. The second-order valence-electron chi connectivity index (χ2n) is 7.22. The molecule has 1 atom stereocenters. The lowest BCUT2D eigenvalue weighted by Gasteiger charge is -2.25. The van der Waals surface area contributed by atoms with Crippen LogP contribution in [0, 0.1) is 0 Å². The van der Waals surface area contributed by atoms with Crippen molar-refractivity contribution in [2.24, 2.45) is 0 Å². The van der Waals surface area contributed by atoms with Crippen LogP contribution in [0.25, 0.3) is 11.1 Å². The molecule has 1 saturated heterocycles. The molecule has 27 heavy (non-hydrogen) atoms. The Hall–Kier alpha value is -2.46. The molecule has 1 aliphatic heterocycles. The van der Waals surface area contributed by atoms with Gasteiger partial charge in [0.25, 0.3) is 5.91 Å². The number of Topliss-reactive ketones (excluding diaryl/α,β-unsaturated/α-hetero) is 1. The van der Waals surface area contributed by atoms with Gasteiger partial charge in [0.05, 0.1) is 6.10 Å². The number of nitrogens with zero attached hydrogens (tertiary/aromatic N) is 1. The summed E-state index contributed by atoms with van der Waals surface area (Å²) in [5.74, 6) is 0.0714. The minimum absolute atomic E-state index is 0.0230. The van der Waals surface area contributed by atoms with Crippen molar-refractivity contribution in [1.82, 2.24) is 4.90 Å². The van der Waals surface area contributed by atoms with Crippen LogP contribution >= 0.6 is 0 Å². The van der Waals surface area contributed by atoms with E-state index in [9.17, 15) is 9.59 Å². The van der Waals surface area contributed by atoms with Crippen molar-refractivity contribution in [3.8, 4) is 11.1 Å². The lowest BCUT2D eigenvalue weighted by atomic mass is 10.0. The smallest absolute Gasteiger partial charge is 0.253 e. The summed E-state index contributed by atoms with van der Waals surface area (Å²) in [6.07, 6.45) is 4.63. The van der Waals surface area contributed by atoms with Gasteiger partial charge in [0.2, 0.25) is 0 Å². The Morgan fingerprint density at radius 1 is 1.04 bits per heavy atom. The molecule has 0 radical (unpaired) electrons. The molecular formula is C23H27NO3. The fourth-order valence-electron chi connectivity index (χ4n) is 3.42. The molecule has 142 valence electrons. The lowest BCUT2D eigenvalue weighted by molar-refractivity contribution is 0.00709. The summed E-state index contributed by atoms with van der Waals surface area (Å²) in [5.41, 5.74) is 3.34. The van der Waals surface area contributed by atoms with Gasteiger partial charge in [0, 0.05) is 31.3 Å². The van der Waals surface area contributed by atoms with Gasteiger partial charge >= 0.3 is 0 Å². The van der Waals surface area contributed by atoms with E-state index >= 15 is 0 Å². The van der Waals surface area contributed by atoms with Gasteiger partial charge in [-0.05, 0) is 61.9 Å². The van der Waals surface area contributed by atoms with Crippen LogP contribution in [0.4, 0.5) is 0 Å². The van der Waals surface area contributed by atoms with E-state index in [1.807, 2.05) is 55.6 Å². The first-order valence-electron chi connectivity index (χ1n) is 9.63. The average molecular weight is 365 g/mol. The molecule has 0 saturated carbocycles. The summed E-state index contributed by atoms with van der Waals surface area (Å²) in [5, 5.41) is 0. The maximum Gasteiger partial charge on any atom is 0.253 e. The van der Waals surface area contributed by atoms with Crippen LogP contribution in [0.15, 0.2) is 48.5 Å². The van der Waals surface area contributed by atoms with Crippen LogP contribution in [0.1, 0.15) is 53.3 Å². The molecule has 2 aromatic carbocycles. The highest BCUT2D eigenvalue weighted by atomic mass is 16.5. The van der Waals surface area contributed by atoms with Crippen LogP contribution in [0.5, 0.6) is 0 Å². The van der Waals surface area contributed by atoms with Crippen LogP contribution < -0.4 is 0 Å². The highest BCUT2D eigenvalue weighted by molar-refractivity contribution is 5.96. The second-order valence-corrected chi connectivity index (χ2v) is 7.22. The predicted octanol–water partition coefficient (Wildman–Crippen LogP) is 4.59. The highest BCUT2D eigenvalue weighted by Gasteiger charge is 2.17. The van der Waals surface area contributed by atoms with Gasteiger partial charge in [-0.15, -0.1) is 0 Å². The van der Waals surface area contributed by atoms with Crippen molar-refractivity contribution in [1.29, 1.82) is 0 Å². The second kappa shape index (κ2) is 8.96. The maximum atomic E-state index is 12.6. The van der Waals surface area contributed by atoms with Crippen LogP contribution in [-0.4, -0.2) is 42.9 Å². The SMILES string of the molecule is CC(=O)c1cccc(-c2ccc(C(=O)N(C)CC[C@H]3CCCCO3)cc2)c1. The third-order valence-corrected chi connectivity index (χ3v) is 5.14. The van der Waals surface area contributed by atoms with Crippen molar-refractivity contribution >= 4 is 11.7 Å². The molecule has 0 N–H and O–H groups in total. The van der Waals surface area contributed by atoms with E-state index in [-0.39, 0.29) is 17.8 Å². The Labute approximate surface area is 161 Å². The van der Waals surface area contributed by atoms with Gasteiger partial charge < -0.3 is 9.64 Å². The van der Waals surface area contributed by atoms with Gasteiger partial charge in [-0.2, -0.15) is 0 Å². The van der Waals surface area contributed by atoms with Crippen molar-refractivity contribution in [2.75, 3.05) is 20.2 Å². The van der Waals surface area contributed by atoms with Crippen molar-refractivity contribution < 1.29 is 14.3 Å². The zero-order valence-corrected chi connectivity index (χ0v) is 16.1. The van der Waals surface area contributed by atoms with Crippen LogP contribution in [-0.2, 0) is 4.74 Å². The Bertz CT molecular complexity index is 792. The summed E-state index contributed by atoms with van der Waals surface area (Å²) < 4.78 is 5.74. The molecular weight excluding hydrogens is 338 g/mol. The van der Waals surface area contributed by atoms with Gasteiger partial charge in [-0.3, -0.25) is 9.59 Å². The highest BCUT2D eigenvalue weighted by Crippen LogP contribution is 2.22. The first-order valence-corrected chi connectivity index (χ1v) is 9.63. The molecule has 1 amide bonds. The average Bonchev–Trinajstić information content (AvgIpc) is 2.72. The number of benzene rings is 2. The third kappa shape index (κ3) is 5.04. The third-order valence-electron chi connectivity index (χ3n) is 5.14. The van der Waals surface area contributed by atoms with E-state index in [2.05, 4.69) is 0 Å². The predicted molar refractivity (Wildman–Crippen MR) is 107 cm³/mol. The molecule has 1 heterocycles. The summed E-state index contributed by atoms with van der Waals surface area (Å²) in [6, 6.07) is 15.1. The van der Waals surface area contributed by atoms with Crippen LogP contribution in [0.3, 0.4) is 0 Å². The van der Waals surface area contributed by atoms with Gasteiger partial charge in [-0.25, -0.2) is 0 Å². The molecule has 0 spiro atoms. The lowest BCUT2D eigenvalue weighted by Crippen LogP contribution is -2.31. The summed E-state index contributed by atoms with van der Waals surface area (Å²) in [6.45, 7) is 3.11. The number of hydrogen-bond acceptors (Lipinski definition) is 3. The zero-order chi connectivity index (χ0) is 19.2. The van der Waals surface area contributed by atoms with Crippen molar-refractivity contribution in [3.05, 3.63) is 59.7 Å². The Morgan fingerprint density at radius 3 is 2.48 bits per heavy atom. The number of carbonyl (C=O) groups excluding carboxylic acids is 2. The molecule has 0 aliphatic carbocycles. The summed E-state index contributed by atoms with van der Waals surface area (Å²) >= 11 is 0. The molecule has 1 aliphatic rings. The van der Waals surface area contributed by atoms with E-state index < -0.39 is 0 Å². The first-order chi connectivity index (χ1) is 13.0. The quantitative estimate of drug-likeness (QED) is 0.704. The monoisotopic (exact) mass is 365 g/mol. The van der Waals surface area contributed by atoms with E-state index in [0.29, 0.717) is 17.7 Å². The number of ketones is 1. The van der Waals surface area contributed by atoms with E-state index in [1.165, 1.54) is 6.42 Å². The van der Waals surface area contributed by atoms with E-state index in [4.69, 9.17) is 4.74 Å². The standard InChI is InChI=1S/C23H27NO3/c1-17(25)20-6-5-7-21(16-20)18-9-11-19(12-10-18)23(26)24(2)14-13-22-8-3-4-15-27-22/h5-7,9-12,16,22H,3-4,8,13-15H2,1-2H3/t22-/m1/s1. The van der Waals surface area contributed by atoms with Gasteiger partial charge in [-0.1, -0.05) is 30.3 Å². The molecule has 0 bridgehead atoms. The molecule has 1 fully saturated rings. The number of amides is 1. The fourth-order valence-corrected chi connectivity index (χ4v) is 3.42. The Kier molecular flexibility index (Phi) is 6.40. The first kappa shape index (κ1) is 19.3. The van der Waals surface area contributed by atoms with Crippen molar-refractivity contribution in [3.63, 3.8) is 0 Å². The molecule has 0 aromatic heterocycles. The minimum atomic E-state index is 0.0230. The maximum absolute atomic E-state index is 12.6. The normalized spacial score (nSPS) is 16.7.